The Kier molecular flexibility index (Phi) is 4.59. The molecule has 0 heterocycles. The van der Waals surface area contributed by atoms with E-state index in [1.165, 1.54) is 0 Å². The quantitative estimate of drug-likeness (QED) is 0.740. The Hall–Kier alpha value is -2.34. The van der Waals surface area contributed by atoms with Crippen molar-refractivity contribution in [3.05, 3.63) is 58.1 Å². The van der Waals surface area contributed by atoms with Gasteiger partial charge in [0.25, 0.3) is 5.91 Å². The molecule has 0 bridgehead atoms. The monoisotopic (exact) mass is 347 g/mol. The van der Waals surface area contributed by atoms with Crippen LogP contribution in [0.5, 0.6) is 0 Å². The van der Waals surface area contributed by atoms with Gasteiger partial charge in [-0.15, -0.1) is 0 Å². The van der Waals surface area contributed by atoms with Crippen LogP contribution in [0.15, 0.2) is 46.9 Å². The van der Waals surface area contributed by atoms with E-state index in [2.05, 4.69) is 21.2 Å². The van der Waals surface area contributed by atoms with Gasteiger partial charge in [0, 0.05) is 15.8 Å². The number of amides is 2. The molecule has 0 saturated carbocycles. The van der Waals surface area contributed by atoms with E-state index in [1.54, 1.807) is 42.5 Å². The molecule has 5 N–H and O–H groups in total. The molecular formula is C15H14BrN3O2. The van der Waals surface area contributed by atoms with Crippen LogP contribution < -0.4 is 16.8 Å². The predicted octanol–water partition coefficient (Wildman–Crippen LogP) is 2.31. The number of benzene rings is 2. The van der Waals surface area contributed by atoms with Gasteiger partial charge in [0.15, 0.2) is 0 Å². The molecule has 0 spiro atoms. The number of primary amides is 1. The van der Waals surface area contributed by atoms with Crippen LogP contribution in [-0.4, -0.2) is 11.8 Å². The van der Waals surface area contributed by atoms with Crippen molar-refractivity contribution < 1.29 is 9.59 Å². The summed E-state index contributed by atoms with van der Waals surface area (Å²) in [4.78, 5) is 23.0. The largest absolute Gasteiger partial charge is 0.398 e. The van der Waals surface area contributed by atoms with Crippen LogP contribution in [0.4, 0.5) is 11.4 Å². The van der Waals surface area contributed by atoms with E-state index in [0.29, 0.717) is 16.9 Å². The first-order valence-corrected chi connectivity index (χ1v) is 6.98. The van der Waals surface area contributed by atoms with Crippen LogP contribution >= 0.6 is 15.9 Å². The number of nitrogen functional groups attached to an aromatic ring is 1. The summed E-state index contributed by atoms with van der Waals surface area (Å²) in [6.07, 6.45) is 0.173. The van der Waals surface area contributed by atoms with Gasteiger partial charge in [-0.3, -0.25) is 9.59 Å². The molecule has 0 fully saturated rings. The first-order chi connectivity index (χ1) is 9.95. The van der Waals surface area contributed by atoms with Crippen molar-refractivity contribution in [1.29, 1.82) is 0 Å². The Balaban J connectivity index is 2.12. The highest BCUT2D eigenvalue weighted by Gasteiger charge is 2.10. The maximum Gasteiger partial charge on any atom is 0.257 e. The van der Waals surface area contributed by atoms with Gasteiger partial charge < -0.3 is 16.8 Å². The van der Waals surface area contributed by atoms with Gasteiger partial charge in [-0.1, -0.05) is 28.1 Å². The summed E-state index contributed by atoms with van der Waals surface area (Å²) in [6.45, 7) is 0. The lowest BCUT2D eigenvalue weighted by atomic mass is 10.1. The zero-order valence-electron chi connectivity index (χ0n) is 11.1. The molecule has 108 valence electrons. The molecule has 2 aromatic carbocycles. The van der Waals surface area contributed by atoms with E-state index in [-0.39, 0.29) is 12.3 Å². The van der Waals surface area contributed by atoms with Crippen molar-refractivity contribution in [2.45, 2.75) is 6.42 Å². The number of nitrogens with two attached hydrogens (primary N) is 2. The molecule has 6 heteroatoms. The Morgan fingerprint density at radius 1 is 1.10 bits per heavy atom. The Morgan fingerprint density at radius 3 is 2.38 bits per heavy atom. The molecular weight excluding hydrogens is 334 g/mol. The Morgan fingerprint density at radius 2 is 1.76 bits per heavy atom. The van der Waals surface area contributed by atoms with Crippen molar-refractivity contribution in [2.75, 3.05) is 11.1 Å². The van der Waals surface area contributed by atoms with Crippen molar-refractivity contribution in [3.8, 4) is 0 Å². The van der Waals surface area contributed by atoms with Crippen molar-refractivity contribution in [2.24, 2.45) is 5.73 Å². The molecule has 2 amide bonds. The molecule has 0 aliphatic rings. The average molecular weight is 348 g/mol. The highest BCUT2D eigenvalue weighted by Crippen LogP contribution is 2.20. The number of halogens is 1. The second-order valence-electron chi connectivity index (χ2n) is 4.53. The van der Waals surface area contributed by atoms with Crippen LogP contribution in [0.25, 0.3) is 0 Å². The summed E-state index contributed by atoms with van der Waals surface area (Å²) in [6, 6.07) is 12.0. The van der Waals surface area contributed by atoms with Gasteiger partial charge in [-0.25, -0.2) is 0 Å². The lowest BCUT2D eigenvalue weighted by molar-refractivity contribution is -0.117. The van der Waals surface area contributed by atoms with E-state index >= 15 is 0 Å². The highest BCUT2D eigenvalue weighted by molar-refractivity contribution is 9.10. The molecule has 0 aliphatic heterocycles. The van der Waals surface area contributed by atoms with E-state index in [4.69, 9.17) is 11.5 Å². The zero-order valence-corrected chi connectivity index (χ0v) is 12.7. The number of nitrogens with one attached hydrogen (secondary N) is 1. The third-order valence-corrected chi connectivity index (χ3v) is 3.34. The minimum Gasteiger partial charge on any atom is -0.398 e. The number of carbonyl (C=O) groups excluding carboxylic acids is 2. The maximum absolute atomic E-state index is 12.2. The van der Waals surface area contributed by atoms with E-state index < -0.39 is 5.91 Å². The van der Waals surface area contributed by atoms with Gasteiger partial charge in [-0.2, -0.15) is 0 Å². The van der Waals surface area contributed by atoms with E-state index in [9.17, 15) is 9.59 Å². The first-order valence-electron chi connectivity index (χ1n) is 6.19. The highest BCUT2D eigenvalue weighted by atomic mass is 79.9. The number of rotatable bonds is 4. The summed E-state index contributed by atoms with van der Waals surface area (Å²) < 4.78 is 0.777. The molecule has 0 saturated heterocycles. The van der Waals surface area contributed by atoms with Gasteiger partial charge in [0.1, 0.15) is 0 Å². The van der Waals surface area contributed by atoms with Crippen molar-refractivity contribution >= 4 is 39.1 Å². The van der Waals surface area contributed by atoms with Crippen LogP contribution in [0.2, 0.25) is 0 Å². The fourth-order valence-electron chi connectivity index (χ4n) is 1.83. The number of hydrogen-bond donors (Lipinski definition) is 3. The molecule has 0 unspecified atom stereocenters. The van der Waals surface area contributed by atoms with E-state index in [0.717, 1.165) is 10.0 Å². The second-order valence-corrected chi connectivity index (χ2v) is 5.44. The smallest absolute Gasteiger partial charge is 0.257 e. The van der Waals surface area contributed by atoms with Gasteiger partial charge in [-0.05, 0) is 35.9 Å². The minimum atomic E-state index is -0.395. The summed E-state index contributed by atoms with van der Waals surface area (Å²) >= 11 is 3.30. The number of anilines is 2. The van der Waals surface area contributed by atoms with Gasteiger partial charge >= 0.3 is 0 Å². The normalized spacial score (nSPS) is 10.1. The minimum absolute atomic E-state index is 0.173. The third-order valence-electron chi connectivity index (χ3n) is 2.85. The first kappa shape index (κ1) is 15.1. The van der Waals surface area contributed by atoms with E-state index in [1.807, 2.05) is 0 Å². The Bertz CT molecular complexity index is 684. The third kappa shape index (κ3) is 4.06. The molecule has 0 aromatic heterocycles. The van der Waals surface area contributed by atoms with Crippen molar-refractivity contribution in [1.82, 2.24) is 0 Å². The van der Waals surface area contributed by atoms with Gasteiger partial charge in [0.2, 0.25) is 5.91 Å². The Labute approximate surface area is 130 Å². The SMILES string of the molecule is NC(=O)Cc1ccc(NC(=O)c2cc(Br)ccc2N)cc1. The second kappa shape index (κ2) is 6.41. The van der Waals surface area contributed by atoms with Crippen LogP contribution in [0.3, 0.4) is 0 Å². The van der Waals surface area contributed by atoms with Crippen LogP contribution in [0.1, 0.15) is 15.9 Å². The summed E-state index contributed by atoms with van der Waals surface area (Å²) in [7, 11) is 0. The molecule has 0 atom stereocenters. The zero-order chi connectivity index (χ0) is 15.4. The van der Waals surface area contributed by atoms with Crippen LogP contribution in [-0.2, 0) is 11.2 Å². The molecule has 21 heavy (non-hydrogen) atoms. The summed E-state index contributed by atoms with van der Waals surface area (Å²) in [5.74, 6) is -0.690. The number of carbonyl (C=O) groups is 2. The lowest BCUT2D eigenvalue weighted by Gasteiger charge is -2.08. The van der Waals surface area contributed by atoms with Gasteiger partial charge in [0.05, 0.1) is 12.0 Å². The standard InChI is InChI=1S/C15H14BrN3O2/c16-10-3-6-13(17)12(8-10)15(21)19-11-4-1-9(2-5-11)7-14(18)20/h1-6,8H,7,17H2,(H2,18,20)(H,19,21). The maximum atomic E-state index is 12.2. The molecule has 2 rings (SSSR count). The fraction of sp³-hybridized carbons (Fsp3) is 0.0667. The number of hydrogen-bond acceptors (Lipinski definition) is 3. The molecule has 0 radical (unpaired) electrons. The fourth-order valence-corrected chi connectivity index (χ4v) is 2.19. The lowest BCUT2D eigenvalue weighted by Crippen LogP contribution is -2.15. The topological polar surface area (TPSA) is 98.2 Å². The average Bonchev–Trinajstić information content (AvgIpc) is 2.43. The predicted molar refractivity (Wildman–Crippen MR) is 85.8 cm³/mol. The summed E-state index contributed by atoms with van der Waals surface area (Å²) in [5, 5.41) is 2.75. The van der Waals surface area contributed by atoms with Crippen LogP contribution in [0, 0.1) is 0 Å². The molecule has 2 aromatic rings. The van der Waals surface area contributed by atoms with Crippen molar-refractivity contribution in [3.63, 3.8) is 0 Å². The molecule has 5 nitrogen and oxygen atoms in total. The summed E-state index contributed by atoms with van der Waals surface area (Å²) in [5.41, 5.74) is 13.1. The molecule has 0 aliphatic carbocycles.